The molecule has 1 heterocycles. The second kappa shape index (κ2) is 7.41. The Morgan fingerprint density at radius 3 is 2.27 bits per heavy atom. The minimum Gasteiger partial charge on any atom is -0.491 e. The smallest absolute Gasteiger partial charge is 0.243 e. The summed E-state index contributed by atoms with van der Waals surface area (Å²) >= 11 is 0. The van der Waals surface area contributed by atoms with Crippen LogP contribution in [0.25, 0.3) is 0 Å². The Balaban J connectivity index is 2.09. The molecule has 124 valence electrons. The van der Waals surface area contributed by atoms with Crippen LogP contribution in [-0.4, -0.2) is 58.2 Å². The first-order valence-electron chi connectivity index (χ1n) is 7.41. The van der Waals surface area contributed by atoms with Gasteiger partial charge in [-0.1, -0.05) is 0 Å². The summed E-state index contributed by atoms with van der Waals surface area (Å²) in [6, 6.07) is 6.84. The molecule has 2 rings (SSSR count). The second-order valence-electron chi connectivity index (χ2n) is 5.60. The maximum Gasteiger partial charge on any atom is 0.243 e. The summed E-state index contributed by atoms with van der Waals surface area (Å²) < 4.78 is 37.3. The fraction of sp³-hybridized carbons (Fsp3) is 0.600. The molecule has 0 aliphatic carbocycles. The van der Waals surface area contributed by atoms with Crippen LogP contribution in [0.2, 0.25) is 0 Å². The molecule has 22 heavy (non-hydrogen) atoms. The van der Waals surface area contributed by atoms with Crippen LogP contribution in [0, 0.1) is 0 Å². The Labute approximate surface area is 132 Å². The van der Waals surface area contributed by atoms with Crippen LogP contribution in [0.4, 0.5) is 0 Å². The van der Waals surface area contributed by atoms with E-state index in [2.05, 4.69) is 5.32 Å². The number of rotatable bonds is 6. The molecular weight excluding hydrogens is 304 g/mol. The highest BCUT2D eigenvalue weighted by Crippen LogP contribution is 2.21. The predicted octanol–water partition coefficient (Wildman–Crippen LogP) is 1.08. The fourth-order valence-corrected chi connectivity index (χ4v) is 4.19. The van der Waals surface area contributed by atoms with Gasteiger partial charge in [-0.2, -0.15) is 4.31 Å². The molecule has 1 fully saturated rings. The van der Waals surface area contributed by atoms with Gasteiger partial charge in [0.05, 0.1) is 11.5 Å². The highest BCUT2D eigenvalue weighted by atomic mass is 32.2. The van der Waals surface area contributed by atoms with Crippen molar-refractivity contribution in [3.8, 4) is 5.75 Å². The van der Waals surface area contributed by atoms with E-state index in [0.29, 0.717) is 36.9 Å². The Bertz CT molecular complexity index is 564. The lowest BCUT2D eigenvalue weighted by Gasteiger charge is -2.35. The van der Waals surface area contributed by atoms with Gasteiger partial charge in [-0.15, -0.1) is 0 Å². The number of nitrogens with zero attached hydrogens (tertiary/aromatic N) is 1. The number of hydrogen-bond acceptors (Lipinski definition) is 5. The molecule has 0 amide bonds. The molecule has 2 unspecified atom stereocenters. The van der Waals surface area contributed by atoms with Gasteiger partial charge in [0.25, 0.3) is 0 Å². The number of benzene rings is 1. The highest BCUT2D eigenvalue weighted by Gasteiger charge is 2.31. The third-order valence-corrected chi connectivity index (χ3v) is 5.39. The Morgan fingerprint density at radius 2 is 1.73 bits per heavy atom. The van der Waals surface area contributed by atoms with Gasteiger partial charge in [0, 0.05) is 32.3 Å². The van der Waals surface area contributed by atoms with Gasteiger partial charge in [0.2, 0.25) is 10.0 Å². The number of methoxy groups -OCH3 is 1. The largest absolute Gasteiger partial charge is 0.491 e. The summed E-state index contributed by atoms with van der Waals surface area (Å²) in [4.78, 5) is 0.299. The lowest BCUT2D eigenvalue weighted by atomic mass is 10.2. The molecule has 0 radical (unpaired) electrons. The minimum absolute atomic E-state index is 0.148. The normalized spacial score (nSPS) is 23.4. The molecule has 1 N–H and O–H groups in total. The van der Waals surface area contributed by atoms with E-state index in [-0.39, 0.29) is 12.1 Å². The quantitative estimate of drug-likeness (QED) is 0.792. The lowest BCUT2D eigenvalue weighted by Crippen LogP contribution is -2.55. The van der Waals surface area contributed by atoms with E-state index in [1.807, 2.05) is 13.8 Å². The van der Waals surface area contributed by atoms with Crippen molar-refractivity contribution >= 4 is 10.0 Å². The van der Waals surface area contributed by atoms with Gasteiger partial charge >= 0.3 is 0 Å². The van der Waals surface area contributed by atoms with E-state index >= 15 is 0 Å². The molecule has 1 saturated heterocycles. The van der Waals surface area contributed by atoms with Crippen molar-refractivity contribution in [2.75, 3.05) is 33.4 Å². The van der Waals surface area contributed by atoms with Crippen LogP contribution in [0.5, 0.6) is 5.75 Å². The van der Waals surface area contributed by atoms with Crippen molar-refractivity contribution in [1.82, 2.24) is 9.62 Å². The molecule has 7 heteroatoms. The van der Waals surface area contributed by atoms with Gasteiger partial charge in [0.1, 0.15) is 12.4 Å². The topological polar surface area (TPSA) is 67.9 Å². The predicted molar refractivity (Wildman–Crippen MR) is 84.6 cm³/mol. The molecule has 1 aromatic carbocycles. The van der Waals surface area contributed by atoms with Crippen LogP contribution < -0.4 is 10.1 Å². The molecule has 2 atom stereocenters. The summed E-state index contributed by atoms with van der Waals surface area (Å²) in [5, 5.41) is 3.33. The molecule has 0 aromatic heterocycles. The lowest BCUT2D eigenvalue weighted by molar-refractivity contribution is 0.146. The number of piperazine rings is 1. The third kappa shape index (κ3) is 4.19. The first-order chi connectivity index (χ1) is 10.4. The number of hydrogen-bond donors (Lipinski definition) is 1. The Morgan fingerprint density at radius 1 is 1.14 bits per heavy atom. The molecule has 0 bridgehead atoms. The SMILES string of the molecule is COCCOc1ccc(S(=O)(=O)N2CC(C)NC(C)C2)cc1. The second-order valence-corrected chi connectivity index (χ2v) is 7.54. The van der Waals surface area contributed by atoms with Crippen molar-refractivity contribution in [1.29, 1.82) is 0 Å². The van der Waals surface area contributed by atoms with Crippen LogP contribution >= 0.6 is 0 Å². The molecule has 1 aromatic rings. The van der Waals surface area contributed by atoms with Gasteiger partial charge < -0.3 is 14.8 Å². The summed E-state index contributed by atoms with van der Waals surface area (Å²) in [6.45, 7) is 5.89. The van der Waals surface area contributed by atoms with Crippen molar-refractivity contribution < 1.29 is 17.9 Å². The van der Waals surface area contributed by atoms with Crippen LogP contribution in [0.1, 0.15) is 13.8 Å². The van der Waals surface area contributed by atoms with E-state index in [1.165, 1.54) is 0 Å². The summed E-state index contributed by atoms with van der Waals surface area (Å²) in [7, 11) is -1.85. The van der Waals surface area contributed by atoms with Gasteiger partial charge in [-0.05, 0) is 38.1 Å². The average Bonchev–Trinajstić information content (AvgIpc) is 2.47. The van der Waals surface area contributed by atoms with E-state index < -0.39 is 10.0 Å². The zero-order valence-corrected chi connectivity index (χ0v) is 14.1. The van der Waals surface area contributed by atoms with Crippen molar-refractivity contribution in [2.45, 2.75) is 30.8 Å². The average molecular weight is 328 g/mol. The summed E-state index contributed by atoms with van der Waals surface area (Å²) in [6.07, 6.45) is 0. The first-order valence-corrected chi connectivity index (χ1v) is 8.85. The molecule has 1 aliphatic heterocycles. The van der Waals surface area contributed by atoms with Crippen molar-refractivity contribution in [2.24, 2.45) is 0 Å². The number of nitrogens with one attached hydrogen (secondary N) is 1. The maximum absolute atomic E-state index is 12.7. The van der Waals surface area contributed by atoms with Crippen molar-refractivity contribution in [3.05, 3.63) is 24.3 Å². The van der Waals surface area contributed by atoms with Gasteiger partial charge in [-0.25, -0.2) is 8.42 Å². The Kier molecular flexibility index (Phi) is 5.80. The molecule has 6 nitrogen and oxygen atoms in total. The number of sulfonamides is 1. The standard InChI is InChI=1S/C15H24N2O4S/c1-12-10-17(11-13(2)16-12)22(18,19)15-6-4-14(5-7-15)21-9-8-20-3/h4-7,12-13,16H,8-11H2,1-3H3. The summed E-state index contributed by atoms with van der Waals surface area (Å²) in [5.74, 6) is 0.637. The van der Waals surface area contributed by atoms with Crippen LogP contribution in [0.3, 0.4) is 0 Å². The van der Waals surface area contributed by atoms with E-state index in [0.717, 1.165) is 0 Å². The highest BCUT2D eigenvalue weighted by molar-refractivity contribution is 7.89. The summed E-state index contributed by atoms with van der Waals surface area (Å²) in [5.41, 5.74) is 0. The minimum atomic E-state index is -3.46. The molecular formula is C15H24N2O4S. The van der Waals surface area contributed by atoms with Crippen molar-refractivity contribution in [3.63, 3.8) is 0 Å². The van der Waals surface area contributed by atoms with E-state index in [9.17, 15) is 8.42 Å². The zero-order valence-electron chi connectivity index (χ0n) is 13.3. The molecule has 1 aliphatic rings. The van der Waals surface area contributed by atoms with E-state index in [4.69, 9.17) is 9.47 Å². The van der Waals surface area contributed by atoms with E-state index in [1.54, 1.807) is 35.7 Å². The van der Waals surface area contributed by atoms with Crippen LogP contribution in [-0.2, 0) is 14.8 Å². The maximum atomic E-state index is 12.7. The fourth-order valence-electron chi connectivity index (χ4n) is 2.57. The van der Waals surface area contributed by atoms with Gasteiger partial charge in [0.15, 0.2) is 0 Å². The molecule has 0 spiro atoms. The monoisotopic (exact) mass is 328 g/mol. The van der Waals surface area contributed by atoms with Crippen LogP contribution in [0.15, 0.2) is 29.2 Å². The Hall–Kier alpha value is -1.15. The molecule has 0 saturated carbocycles. The third-order valence-electron chi connectivity index (χ3n) is 3.54. The number of ether oxygens (including phenoxy) is 2. The first kappa shape index (κ1) is 17.2. The van der Waals surface area contributed by atoms with Gasteiger partial charge in [-0.3, -0.25) is 0 Å². The zero-order chi connectivity index (χ0) is 16.2.